The van der Waals surface area contributed by atoms with Gasteiger partial charge in [-0.3, -0.25) is 9.78 Å². The molecule has 0 aromatic carbocycles. The van der Waals surface area contributed by atoms with Gasteiger partial charge in [-0.15, -0.1) is 0 Å². The highest BCUT2D eigenvalue weighted by molar-refractivity contribution is 7.71. The molecular weight excluding hydrogens is 230 g/mol. The molecule has 0 bridgehead atoms. The first-order valence-corrected chi connectivity index (χ1v) is 4.80. The summed E-state index contributed by atoms with van der Waals surface area (Å²) in [4.78, 5) is 10.8. The summed E-state index contributed by atoms with van der Waals surface area (Å²) in [6.07, 6.45) is 0. The molecule has 0 atom stereocenters. The van der Waals surface area contributed by atoms with Crippen LogP contribution < -0.4 is 0 Å². The molecule has 2 heterocycles. The van der Waals surface area contributed by atoms with E-state index in [1.165, 1.54) is 10.7 Å². The minimum atomic E-state index is -1.07. The van der Waals surface area contributed by atoms with E-state index in [0.717, 1.165) is 0 Å². The van der Waals surface area contributed by atoms with Crippen molar-refractivity contribution in [2.24, 2.45) is 14.1 Å². The fourth-order valence-electron chi connectivity index (χ4n) is 1.36. The number of carboxylic acid groups (broad SMARTS) is 1. The van der Waals surface area contributed by atoms with Crippen molar-refractivity contribution < 1.29 is 9.90 Å². The van der Waals surface area contributed by atoms with E-state index in [1.807, 2.05) is 0 Å². The lowest BCUT2D eigenvalue weighted by Gasteiger charge is -1.99. The largest absolute Gasteiger partial charge is 0.476 e. The maximum atomic E-state index is 10.8. The number of rotatable bonds is 2. The Balaban J connectivity index is 2.60. The summed E-state index contributed by atoms with van der Waals surface area (Å²) >= 11 is 4.97. The number of aromatic carboxylic acids is 1. The Morgan fingerprint density at radius 3 is 2.69 bits per heavy atom. The molecule has 0 fully saturated rings. The van der Waals surface area contributed by atoms with Crippen molar-refractivity contribution >= 4 is 18.2 Å². The van der Waals surface area contributed by atoms with Crippen LogP contribution in [0.2, 0.25) is 0 Å². The van der Waals surface area contributed by atoms with Gasteiger partial charge in [0, 0.05) is 20.2 Å². The van der Waals surface area contributed by atoms with Crippen LogP contribution in [0.25, 0.3) is 11.5 Å². The van der Waals surface area contributed by atoms with Gasteiger partial charge in [-0.05, 0) is 12.2 Å². The summed E-state index contributed by atoms with van der Waals surface area (Å²) in [5.41, 5.74) is 0.568. The second kappa shape index (κ2) is 3.56. The smallest absolute Gasteiger partial charge is 0.356 e. The number of carbonyl (C=O) groups is 1. The van der Waals surface area contributed by atoms with Gasteiger partial charge >= 0.3 is 5.97 Å². The molecule has 0 aliphatic carbocycles. The first kappa shape index (κ1) is 10.6. The van der Waals surface area contributed by atoms with Crippen LogP contribution in [0.15, 0.2) is 6.07 Å². The van der Waals surface area contributed by atoms with Gasteiger partial charge in [-0.25, -0.2) is 4.79 Å². The third-order valence-electron chi connectivity index (χ3n) is 2.21. The second-order valence-corrected chi connectivity index (χ2v) is 3.64. The highest BCUT2D eigenvalue weighted by Gasteiger charge is 2.15. The fourth-order valence-corrected chi connectivity index (χ4v) is 1.49. The number of nitrogens with zero attached hydrogens (tertiary/aromatic N) is 4. The molecule has 7 nitrogen and oxygen atoms in total. The average molecular weight is 239 g/mol. The number of aryl methyl sites for hydroxylation is 1. The van der Waals surface area contributed by atoms with E-state index in [0.29, 0.717) is 16.3 Å². The van der Waals surface area contributed by atoms with Crippen molar-refractivity contribution in [1.82, 2.24) is 24.5 Å². The minimum Gasteiger partial charge on any atom is -0.476 e. The predicted octanol–water partition coefficient (Wildman–Crippen LogP) is 0.576. The Morgan fingerprint density at radius 2 is 2.25 bits per heavy atom. The van der Waals surface area contributed by atoms with Crippen LogP contribution >= 0.6 is 12.2 Å². The Bertz CT molecular complexity index is 608. The number of aromatic nitrogens is 5. The molecule has 2 rings (SSSR count). The molecule has 0 radical (unpaired) electrons. The number of hydrogen-bond acceptors (Lipinski definition) is 4. The van der Waals surface area contributed by atoms with E-state index in [4.69, 9.17) is 17.3 Å². The minimum absolute atomic E-state index is 0.0218. The van der Waals surface area contributed by atoms with Crippen LogP contribution in [0.4, 0.5) is 0 Å². The topological polar surface area (TPSA) is 88.7 Å². The summed E-state index contributed by atoms with van der Waals surface area (Å²) in [5.74, 6) is -0.522. The lowest BCUT2D eigenvalue weighted by molar-refractivity contribution is 0.0689. The Kier molecular flexibility index (Phi) is 2.35. The van der Waals surface area contributed by atoms with Gasteiger partial charge in [0.2, 0.25) is 0 Å². The van der Waals surface area contributed by atoms with Gasteiger partial charge in [0.05, 0.1) is 0 Å². The molecule has 16 heavy (non-hydrogen) atoms. The third kappa shape index (κ3) is 1.52. The van der Waals surface area contributed by atoms with Crippen molar-refractivity contribution in [3.63, 3.8) is 0 Å². The van der Waals surface area contributed by atoms with Crippen molar-refractivity contribution in [3.05, 3.63) is 16.5 Å². The maximum absolute atomic E-state index is 10.8. The predicted molar refractivity (Wildman–Crippen MR) is 57.6 cm³/mol. The van der Waals surface area contributed by atoms with Crippen molar-refractivity contribution in [3.8, 4) is 11.5 Å². The summed E-state index contributed by atoms with van der Waals surface area (Å²) in [7, 11) is 3.40. The number of aromatic amines is 1. The van der Waals surface area contributed by atoms with E-state index in [-0.39, 0.29) is 5.69 Å². The number of nitrogens with one attached hydrogen (secondary N) is 1. The number of carboxylic acids is 1. The summed E-state index contributed by atoms with van der Waals surface area (Å²) in [5, 5.41) is 19.3. The third-order valence-corrected chi connectivity index (χ3v) is 2.57. The first-order valence-electron chi connectivity index (χ1n) is 4.40. The Labute approximate surface area is 95.3 Å². The van der Waals surface area contributed by atoms with Crippen LogP contribution in [-0.4, -0.2) is 35.6 Å². The first-order chi connectivity index (χ1) is 7.50. The van der Waals surface area contributed by atoms with Crippen LogP contribution in [-0.2, 0) is 14.1 Å². The summed E-state index contributed by atoms with van der Waals surface area (Å²) in [6.45, 7) is 0. The van der Waals surface area contributed by atoms with Crippen LogP contribution in [0, 0.1) is 4.77 Å². The Morgan fingerprint density at radius 1 is 1.56 bits per heavy atom. The summed E-state index contributed by atoms with van der Waals surface area (Å²) < 4.78 is 3.57. The van der Waals surface area contributed by atoms with Gasteiger partial charge in [-0.1, -0.05) is 0 Å². The standard InChI is InChI=1S/C8H9N5O2S/c1-12-6(9-10-8(12)16)5-3-4(7(14)15)11-13(5)2/h3H,1-2H3,(H,10,16)(H,14,15). The normalized spacial score (nSPS) is 10.6. The molecule has 2 aromatic heterocycles. The molecule has 2 aromatic rings. The van der Waals surface area contributed by atoms with Gasteiger partial charge in [0.25, 0.3) is 0 Å². The Hall–Kier alpha value is -1.96. The zero-order valence-corrected chi connectivity index (χ0v) is 9.45. The highest BCUT2D eigenvalue weighted by atomic mass is 32.1. The van der Waals surface area contributed by atoms with E-state index < -0.39 is 5.97 Å². The fraction of sp³-hybridized carbons (Fsp3) is 0.250. The lowest BCUT2D eigenvalue weighted by Crippen LogP contribution is -2.01. The van der Waals surface area contributed by atoms with E-state index in [1.54, 1.807) is 18.7 Å². The monoisotopic (exact) mass is 239 g/mol. The van der Waals surface area contributed by atoms with Crippen LogP contribution in [0.3, 0.4) is 0 Å². The molecule has 0 unspecified atom stereocenters. The second-order valence-electron chi connectivity index (χ2n) is 3.25. The summed E-state index contributed by atoms with van der Waals surface area (Å²) in [6, 6.07) is 1.45. The van der Waals surface area contributed by atoms with E-state index in [2.05, 4.69) is 15.3 Å². The molecule has 2 N–H and O–H groups in total. The maximum Gasteiger partial charge on any atom is 0.356 e. The average Bonchev–Trinajstić information content (AvgIpc) is 2.73. The van der Waals surface area contributed by atoms with E-state index >= 15 is 0 Å². The van der Waals surface area contributed by atoms with Crippen LogP contribution in [0.5, 0.6) is 0 Å². The zero-order valence-electron chi connectivity index (χ0n) is 8.63. The van der Waals surface area contributed by atoms with Gasteiger partial charge in [0.1, 0.15) is 5.69 Å². The van der Waals surface area contributed by atoms with Crippen LogP contribution in [0.1, 0.15) is 10.5 Å². The number of H-pyrrole nitrogens is 1. The number of hydrogen-bond donors (Lipinski definition) is 2. The molecule has 0 amide bonds. The quantitative estimate of drug-likeness (QED) is 0.748. The van der Waals surface area contributed by atoms with Crippen molar-refractivity contribution in [1.29, 1.82) is 0 Å². The zero-order chi connectivity index (χ0) is 11.9. The van der Waals surface area contributed by atoms with Crippen molar-refractivity contribution in [2.75, 3.05) is 0 Å². The van der Waals surface area contributed by atoms with Crippen molar-refractivity contribution in [2.45, 2.75) is 0 Å². The van der Waals surface area contributed by atoms with Gasteiger partial charge in [0.15, 0.2) is 16.3 Å². The molecule has 0 aliphatic heterocycles. The van der Waals surface area contributed by atoms with E-state index in [9.17, 15) is 4.79 Å². The SMILES string of the molecule is Cn1nc(C(=O)O)cc1-c1n[nH]c(=S)n1C. The molecular formula is C8H9N5O2S. The molecule has 0 aliphatic rings. The highest BCUT2D eigenvalue weighted by Crippen LogP contribution is 2.16. The molecule has 0 spiro atoms. The van der Waals surface area contributed by atoms with Gasteiger partial charge < -0.3 is 9.67 Å². The van der Waals surface area contributed by atoms with Gasteiger partial charge in [-0.2, -0.15) is 10.2 Å². The molecule has 84 valence electrons. The molecule has 0 saturated heterocycles. The lowest BCUT2D eigenvalue weighted by atomic mass is 10.3. The molecule has 8 heteroatoms. The molecule has 0 saturated carbocycles.